The first-order chi connectivity index (χ1) is 10.1. The molecule has 0 fully saturated rings. The highest BCUT2D eigenvalue weighted by atomic mass is 79.9. The molecule has 1 N–H and O–H groups in total. The van der Waals surface area contributed by atoms with Gasteiger partial charge in [0.15, 0.2) is 5.76 Å². The molecule has 21 heavy (non-hydrogen) atoms. The summed E-state index contributed by atoms with van der Waals surface area (Å²) in [6.45, 7) is 1.86. The fourth-order valence-corrected chi connectivity index (χ4v) is 3.30. The molecule has 1 amide bonds. The van der Waals surface area contributed by atoms with Gasteiger partial charge >= 0.3 is 5.91 Å². The molecule has 0 spiro atoms. The third kappa shape index (κ3) is 2.91. The number of carbonyl (C=O) groups excluding carboxylic acids is 1. The second-order valence-electron chi connectivity index (χ2n) is 4.42. The number of thiophene rings is 1. The standard InChI is InChI=1S/C15H11BrN2O2S/c1-9-12-4-2-3-5-13(12)20-14(9)15(19)18-17-7-11-6-10(16)8-21-11/h2-8H,1H3,(H,18,19)/b17-7-. The SMILES string of the molecule is Cc1c(C(=O)N/N=C\c2cc(Br)cs2)oc2ccccc12. The van der Waals surface area contributed by atoms with Crippen LogP contribution in [0.1, 0.15) is 21.0 Å². The van der Waals surface area contributed by atoms with E-state index in [0.29, 0.717) is 11.3 Å². The van der Waals surface area contributed by atoms with Crippen molar-refractivity contribution in [3.8, 4) is 0 Å². The van der Waals surface area contributed by atoms with Crippen molar-refractivity contribution >= 4 is 50.4 Å². The number of benzene rings is 1. The van der Waals surface area contributed by atoms with Gasteiger partial charge in [0.2, 0.25) is 0 Å². The van der Waals surface area contributed by atoms with E-state index in [1.54, 1.807) is 6.21 Å². The number of hydrogen-bond acceptors (Lipinski definition) is 4. The highest BCUT2D eigenvalue weighted by Crippen LogP contribution is 2.24. The number of rotatable bonds is 3. The van der Waals surface area contributed by atoms with Crippen LogP contribution < -0.4 is 5.43 Å². The maximum absolute atomic E-state index is 12.1. The summed E-state index contributed by atoms with van der Waals surface area (Å²) in [4.78, 5) is 13.1. The quantitative estimate of drug-likeness (QED) is 0.556. The van der Waals surface area contributed by atoms with Crippen LogP contribution in [0.25, 0.3) is 11.0 Å². The lowest BCUT2D eigenvalue weighted by Crippen LogP contribution is -2.17. The number of carbonyl (C=O) groups is 1. The monoisotopic (exact) mass is 362 g/mol. The van der Waals surface area contributed by atoms with Crippen LogP contribution in [0.15, 0.2) is 49.7 Å². The first kappa shape index (κ1) is 14.0. The lowest BCUT2D eigenvalue weighted by molar-refractivity contribution is 0.0929. The zero-order chi connectivity index (χ0) is 14.8. The summed E-state index contributed by atoms with van der Waals surface area (Å²) in [5, 5.41) is 6.84. The van der Waals surface area contributed by atoms with E-state index in [1.807, 2.05) is 42.6 Å². The van der Waals surface area contributed by atoms with Crippen molar-refractivity contribution in [2.75, 3.05) is 0 Å². The Morgan fingerprint density at radius 3 is 2.95 bits per heavy atom. The third-order valence-electron chi connectivity index (χ3n) is 3.00. The third-order valence-corrected chi connectivity index (χ3v) is 4.62. The van der Waals surface area contributed by atoms with Crippen LogP contribution in [0.2, 0.25) is 0 Å². The normalized spacial score (nSPS) is 11.3. The summed E-state index contributed by atoms with van der Waals surface area (Å²) in [6, 6.07) is 9.48. The number of para-hydroxylation sites is 1. The maximum Gasteiger partial charge on any atom is 0.307 e. The van der Waals surface area contributed by atoms with Crippen molar-refractivity contribution in [2.24, 2.45) is 5.10 Å². The highest BCUT2D eigenvalue weighted by molar-refractivity contribution is 9.10. The Hall–Kier alpha value is -1.92. The van der Waals surface area contributed by atoms with Crippen molar-refractivity contribution in [3.05, 3.63) is 56.4 Å². The number of nitrogens with zero attached hydrogens (tertiary/aromatic N) is 1. The van der Waals surface area contributed by atoms with Crippen LogP contribution in [-0.4, -0.2) is 12.1 Å². The minimum atomic E-state index is -0.351. The summed E-state index contributed by atoms with van der Waals surface area (Å²) in [7, 11) is 0. The number of halogens is 1. The highest BCUT2D eigenvalue weighted by Gasteiger charge is 2.16. The first-order valence-electron chi connectivity index (χ1n) is 6.21. The van der Waals surface area contributed by atoms with E-state index in [9.17, 15) is 4.79 Å². The summed E-state index contributed by atoms with van der Waals surface area (Å²) in [5.74, 6) is -0.0590. The average Bonchev–Trinajstić information content (AvgIpc) is 3.03. The van der Waals surface area contributed by atoms with Gasteiger partial charge in [-0.25, -0.2) is 5.43 Å². The number of hydrogen-bond donors (Lipinski definition) is 1. The second kappa shape index (κ2) is 5.83. The zero-order valence-electron chi connectivity index (χ0n) is 11.1. The van der Waals surface area contributed by atoms with Gasteiger partial charge in [-0.05, 0) is 35.0 Å². The van der Waals surface area contributed by atoms with Gasteiger partial charge in [0.25, 0.3) is 0 Å². The van der Waals surface area contributed by atoms with Crippen molar-refractivity contribution in [1.82, 2.24) is 5.43 Å². The number of furan rings is 1. The second-order valence-corrected chi connectivity index (χ2v) is 6.28. The van der Waals surface area contributed by atoms with E-state index in [1.165, 1.54) is 11.3 Å². The van der Waals surface area contributed by atoms with Crippen LogP contribution in [-0.2, 0) is 0 Å². The lowest BCUT2D eigenvalue weighted by Gasteiger charge is -1.96. The molecule has 0 atom stereocenters. The van der Waals surface area contributed by atoms with Gasteiger partial charge in [0.1, 0.15) is 5.58 Å². The molecule has 0 aliphatic heterocycles. The molecule has 1 aromatic carbocycles. The Bertz CT molecular complexity index is 835. The number of aryl methyl sites for hydroxylation is 1. The van der Waals surface area contributed by atoms with Gasteiger partial charge < -0.3 is 4.42 Å². The molecule has 3 aromatic rings. The van der Waals surface area contributed by atoms with E-state index < -0.39 is 0 Å². The van der Waals surface area contributed by atoms with Gasteiger partial charge in [0, 0.05) is 25.7 Å². The number of fused-ring (bicyclic) bond motifs is 1. The fourth-order valence-electron chi connectivity index (χ4n) is 1.99. The predicted octanol–water partition coefficient (Wildman–Crippen LogP) is 4.33. The molecular formula is C15H11BrN2O2S. The van der Waals surface area contributed by atoms with Crippen LogP contribution in [0.5, 0.6) is 0 Å². The summed E-state index contributed by atoms with van der Waals surface area (Å²) in [5.41, 5.74) is 4.00. The lowest BCUT2D eigenvalue weighted by atomic mass is 10.1. The van der Waals surface area contributed by atoms with Crippen molar-refractivity contribution < 1.29 is 9.21 Å². The smallest absolute Gasteiger partial charge is 0.307 e. The van der Waals surface area contributed by atoms with Crippen LogP contribution >= 0.6 is 27.3 Å². The molecule has 4 nitrogen and oxygen atoms in total. The van der Waals surface area contributed by atoms with Gasteiger partial charge in [-0.3, -0.25) is 4.79 Å². The number of hydrazone groups is 1. The fraction of sp³-hybridized carbons (Fsp3) is 0.0667. The van der Waals surface area contributed by atoms with Crippen LogP contribution in [0.3, 0.4) is 0 Å². The molecule has 0 unspecified atom stereocenters. The van der Waals surface area contributed by atoms with E-state index in [0.717, 1.165) is 20.3 Å². The van der Waals surface area contributed by atoms with Crippen LogP contribution in [0.4, 0.5) is 0 Å². The molecule has 2 heterocycles. The van der Waals surface area contributed by atoms with Gasteiger partial charge in [-0.2, -0.15) is 5.10 Å². The van der Waals surface area contributed by atoms with Gasteiger partial charge in [-0.15, -0.1) is 11.3 Å². The van der Waals surface area contributed by atoms with Gasteiger partial charge in [-0.1, -0.05) is 18.2 Å². The van der Waals surface area contributed by atoms with Crippen molar-refractivity contribution in [3.63, 3.8) is 0 Å². The Balaban J connectivity index is 1.78. The number of amides is 1. The summed E-state index contributed by atoms with van der Waals surface area (Å²) >= 11 is 4.90. The molecule has 0 bridgehead atoms. The molecule has 0 radical (unpaired) electrons. The topological polar surface area (TPSA) is 54.6 Å². The molecule has 106 valence electrons. The minimum absolute atomic E-state index is 0.292. The van der Waals surface area contributed by atoms with Crippen molar-refractivity contribution in [2.45, 2.75) is 6.92 Å². The largest absolute Gasteiger partial charge is 0.451 e. The molecular weight excluding hydrogens is 352 g/mol. The van der Waals surface area contributed by atoms with E-state index in [2.05, 4.69) is 26.5 Å². The Morgan fingerprint density at radius 2 is 2.24 bits per heavy atom. The van der Waals surface area contributed by atoms with Crippen LogP contribution in [0, 0.1) is 6.92 Å². The maximum atomic E-state index is 12.1. The van der Waals surface area contributed by atoms with Gasteiger partial charge in [0.05, 0.1) is 6.21 Å². The molecule has 0 aliphatic rings. The minimum Gasteiger partial charge on any atom is -0.451 e. The average molecular weight is 363 g/mol. The zero-order valence-corrected chi connectivity index (χ0v) is 13.5. The van der Waals surface area contributed by atoms with Crippen molar-refractivity contribution in [1.29, 1.82) is 0 Å². The predicted molar refractivity (Wildman–Crippen MR) is 88.0 cm³/mol. The Morgan fingerprint density at radius 1 is 1.43 bits per heavy atom. The molecule has 3 rings (SSSR count). The molecule has 0 saturated carbocycles. The first-order valence-corrected chi connectivity index (χ1v) is 7.88. The molecule has 0 aliphatic carbocycles. The molecule has 2 aromatic heterocycles. The molecule has 0 saturated heterocycles. The number of nitrogens with one attached hydrogen (secondary N) is 1. The summed E-state index contributed by atoms with van der Waals surface area (Å²) in [6.07, 6.45) is 1.60. The summed E-state index contributed by atoms with van der Waals surface area (Å²) < 4.78 is 6.57. The van der Waals surface area contributed by atoms with E-state index in [-0.39, 0.29) is 5.91 Å². The van der Waals surface area contributed by atoms with E-state index in [4.69, 9.17) is 4.42 Å². The Kier molecular flexibility index (Phi) is 3.90. The molecule has 6 heteroatoms. The Labute approximate surface area is 133 Å². The van der Waals surface area contributed by atoms with E-state index >= 15 is 0 Å².